The van der Waals surface area contributed by atoms with Crippen molar-refractivity contribution in [1.29, 1.82) is 0 Å². The first kappa shape index (κ1) is 19.5. The van der Waals surface area contributed by atoms with Gasteiger partial charge < -0.3 is 4.98 Å². The molecule has 0 radical (unpaired) electrons. The SMILES string of the molecule is CC(=NCCc1c(C)[nH]c2ccccc12)c1c(C)[nH]n(-c2nc3ccccc3s2)c1=O. The van der Waals surface area contributed by atoms with Crippen molar-refractivity contribution in [1.82, 2.24) is 19.7 Å². The molecule has 0 spiro atoms. The van der Waals surface area contributed by atoms with Crippen LogP contribution in [0.5, 0.6) is 0 Å². The average Bonchev–Trinajstić information content (AvgIpc) is 3.41. The van der Waals surface area contributed by atoms with E-state index in [0.717, 1.165) is 33.6 Å². The maximum absolute atomic E-state index is 13.1. The fourth-order valence-electron chi connectivity index (χ4n) is 4.13. The van der Waals surface area contributed by atoms with Crippen molar-refractivity contribution < 1.29 is 0 Å². The number of aromatic amines is 2. The van der Waals surface area contributed by atoms with Gasteiger partial charge in [-0.25, -0.2) is 4.98 Å². The number of nitrogens with zero attached hydrogens (tertiary/aromatic N) is 3. The van der Waals surface area contributed by atoms with Crippen molar-refractivity contribution in [3.05, 3.63) is 81.4 Å². The third-order valence-corrected chi connectivity index (χ3v) is 6.67. The van der Waals surface area contributed by atoms with Crippen molar-refractivity contribution in [2.75, 3.05) is 6.54 Å². The van der Waals surface area contributed by atoms with Gasteiger partial charge in [0.1, 0.15) is 0 Å². The monoisotopic (exact) mass is 429 g/mol. The third-order valence-electron chi connectivity index (χ3n) is 5.64. The van der Waals surface area contributed by atoms with Crippen LogP contribution in [-0.4, -0.2) is 32.0 Å². The number of aliphatic imine (C=N–C) groups is 1. The Morgan fingerprint density at radius 1 is 1.10 bits per heavy atom. The predicted molar refractivity (Wildman–Crippen MR) is 128 cm³/mol. The summed E-state index contributed by atoms with van der Waals surface area (Å²) in [5, 5.41) is 5.06. The average molecular weight is 430 g/mol. The molecule has 2 N–H and O–H groups in total. The van der Waals surface area contributed by atoms with E-state index in [1.165, 1.54) is 32.7 Å². The van der Waals surface area contributed by atoms with Crippen LogP contribution in [0.3, 0.4) is 0 Å². The molecule has 0 aliphatic rings. The zero-order valence-electron chi connectivity index (χ0n) is 17.7. The topological polar surface area (TPSA) is 78.8 Å². The zero-order valence-corrected chi connectivity index (χ0v) is 18.5. The molecular formula is C24H23N5OS. The maximum atomic E-state index is 13.1. The molecule has 0 aliphatic carbocycles. The van der Waals surface area contributed by atoms with Crippen molar-refractivity contribution >= 4 is 38.2 Å². The summed E-state index contributed by atoms with van der Waals surface area (Å²) >= 11 is 1.49. The lowest BCUT2D eigenvalue weighted by molar-refractivity contribution is 0.829. The highest BCUT2D eigenvalue weighted by Crippen LogP contribution is 2.24. The van der Waals surface area contributed by atoms with E-state index in [9.17, 15) is 4.79 Å². The van der Waals surface area contributed by atoms with Crippen LogP contribution in [0.25, 0.3) is 26.3 Å². The van der Waals surface area contributed by atoms with Gasteiger partial charge in [-0.2, -0.15) is 4.68 Å². The molecule has 2 aromatic carbocycles. The first-order valence-electron chi connectivity index (χ1n) is 10.3. The van der Waals surface area contributed by atoms with Crippen molar-refractivity contribution in [2.24, 2.45) is 4.99 Å². The molecule has 0 fully saturated rings. The van der Waals surface area contributed by atoms with Gasteiger partial charge in [-0.3, -0.25) is 14.9 Å². The Labute approximate surface area is 183 Å². The van der Waals surface area contributed by atoms with E-state index in [0.29, 0.717) is 17.2 Å². The van der Waals surface area contributed by atoms with Crippen molar-refractivity contribution in [2.45, 2.75) is 27.2 Å². The van der Waals surface area contributed by atoms with Crippen LogP contribution in [0.15, 0.2) is 58.3 Å². The highest BCUT2D eigenvalue weighted by molar-refractivity contribution is 7.20. The zero-order chi connectivity index (χ0) is 21.5. The predicted octanol–water partition coefficient (Wildman–Crippen LogP) is 4.93. The normalized spacial score (nSPS) is 12.3. The summed E-state index contributed by atoms with van der Waals surface area (Å²) in [5.41, 5.74) is 6.55. The molecule has 5 rings (SSSR count). The largest absolute Gasteiger partial charge is 0.358 e. The minimum atomic E-state index is -0.110. The van der Waals surface area contributed by atoms with Crippen LogP contribution < -0.4 is 5.56 Å². The number of para-hydroxylation sites is 2. The number of nitrogens with one attached hydrogen (secondary N) is 2. The van der Waals surface area contributed by atoms with Gasteiger partial charge in [0.05, 0.1) is 15.8 Å². The van der Waals surface area contributed by atoms with E-state index < -0.39 is 0 Å². The summed E-state index contributed by atoms with van der Waals surface area (Å²) in [7, 11) is 0. The Morgan fingerprint density at radius 3 is 2.71 bits per heavy atom. The lowest BCUT2D eigenvalue weighted by Crippen LogP contribution is -2.19. The molecule has 6 nitrogen and oxygen atoms in total. The van der Waals surface area contributed by atoms with Crippen LogP contribution in [0.1, 0.15) is 29.4 Å². The molecule has 0 aliphatic heterocycles. The molecule has 5 aromatic rings. The molecule has 0 atom stereocenters. The van der Waals surface area contributed by atoms with Crippen LogP contribution in [0, 0.1) is 13.8 Å². The summed E-state index contributed by atoms with van der Waals surface area (Å²) in [4.78, 5) is 25.9. The number of benzene rings is 2. The second kappa shape index (κ2) is 7.67. The molecule has 0 unspecified atom stereocenters. The Morgan fingerprint density at radius 2 is 1.87 bits per heavy atom. The van der Waals surface area contributed by atoms with Gasteiger partial charge in [0.2, 0.25) is 5.13 Å². The van der Waals surface area contributed by atoms with Gasteiger partial charge in [0, 0.05) is 34.5 Å². The van der Waals surface area contributed by atoms with E-state index in [2.05, 4.69) is 40.2 Å². The minimum absolute atomic E-state index is 0.110. The van der Waals surface area contributed by atoms with Crippen LogP contribution in [0.2, 0.25) is 0 Å². The third kappa shape index (κ3) is 3.41. The summed E-state index contributed by atoms with van der Waals surface area (Å²) in [6.45, 7) is 6.53. The second-order valence-corrected chi connectivity index (χ2v) is 8.72. The molecule has 0 saturated heterocycles. The Balaban J connectivity index is 1.42. The van der Waals surface area contributed by atoms with Gasteiger partial charge in [0.15, 0.2) is 0 Å². The summed E-state index contributed by atoms with van der Waals surface area (Å²) < 4.78 is 2.58. The molecule has 31 heavy (non-hydrogen) atoms. The van der Waals surface area contributed by atoms with E-state index in [-0.39, 0.29) is 5.56 Å². The fourth-order valence-corrected chi connectivity index (χ4v) is 5.06. The van der Waals surface area contributed by atoms with E-state index in [1.807, 2.05) is 44.2 Å². The fraction of sp³-hybridized carbons (Fsp3) is 0.208. The van der Waals surface area contributed by atoms with E-state index in [4.69, 9.17) is 4.99 Å². The lowest BCUT2D eigenvalue weighted by atomic mass is 10.1. The van der Waals surface area contributed by atoms with Gasteiger partial charge in [-0.15, -0.1) is 0 Å². The van der Waals surface area contributed by atoms with Crippen molar-refractivity contribution in [3.63, 3.8) is 0 Å². The Bertz CT molecular complexity index is 1460. The number of fused-ring (bicyclic) bond motifs is 2. The molecule has 0 amide bonds. The smallest absolute Gasteiger partial charge is 0.282 e. The number of thiazole rings is 1. The Kier molecular flexibility index (Phi) is 4.82. The molecule has 0 bridgehead atoms. The maximum Gasteiger partial charge on any atom is 0.282 e. The van der Waals surface area contributed by atoms with Crippen LogP contribution >= 0.6 is 11.3 Å². The first-order valence-corrected chi connectivity index (χ1v) is 11.1. The molecule has 7 heteroatoms. The number of rotatable bonds is 5. The first-order chi connectivity index (χ1) is 15.0. The van der Waals surface area contributed by atoms with Crippen LogP contribution in [0.4, 0.5) is 0 Å². The van der Waals surface area contributed by atoms with Gasteiger partial charge in [-0.05, 0) is 51.0 Å². The molecule has 156 valence electrons. The highest BCUT2D eigenvalue weighted by Gasteiger charge is 2.17. The highest BCUT2D eigenvalue weighted by atomic mass is 32.1. The number of H-pyrrole nitrogens is 2. The van der Waals surface area contributed by atoms with Crippen molar-refractivity contribution in [3.8, 4) is 5.13 Å². The van der Waals surface area contributed by atoms with Crippen LogP contribution in [-0.2, 0) is 6.42 Å². The van der Waals surface area contributed by atoms with Gasteiger partial charge in [-0.1, -0.05) is 41.7 Å². The number of hydrogen-bond donors (Lipinski definition) is 2. The van der Waals surface area contributed by atoms with Gasteiger partial charge in [0.25, 0.3) is 5.56 Å². The molecule has 0 saturated carbocycles. The molecular weight excluding hydrogens is 406 g/mol. The summed E-state index contributed by atoms with van der Waals surface area (Å²) in [5.74, 6) is 0. The van der Waals surface area contributed by atoms with E-state index >= 15 is 0 Å². The van der Waals surface area contributed by atoms with Gasteiger partial charge >= 0.3 is 0 Å². The number of aromatic nitrogens is 4. The number of hydrogen-bond acceptors (Lipinski definition) is 4. The van der Waals surface area contributed by atoms with E-state index in [1.54, 1.807) is 0 Å². The Hall–Kier alpha value is -3.45. The standard InChI is InChI=1S/C24H23N5OS/c1-14-17(18-8-4-5-9-19(18)26-14)12-13-25-15(2)22-16(3)28-29(23(22)30)24-27-20-10-6-7-11-21(20)31-24/h4-11,26,28H,12-13H2,1-3H3. The summed E-state index contributed by atoms with van der Waals surface area (Å²) in [6.07, 6.45) is 0.822. The molecule has 3 aromatic heterocycles. The lowest BCUT2D eigenvalue weighted by Gasteiger charge is -2.01. The quantitative estimate of drug-likeness (QED) is 0.389. The second-order valence-electron chi connectivity index (χ2n) is 7.71. The summed E-state index contributed by atoms with van der Waals surface area (Å²) in [6, 6.07) is 16.2. The number of aryl methyl sites for hydroxylation is 2. The minimum Gasteiger partial charge on any atom is -0.358 e. The molecule has 3 heterocycles.